The highest BCUT2D eigenvalue weighted by molar-refractivity contribution is 6.32. The fourth-order valence-electron chi connectivity index (χ4n) is 1.01. The zero-order valence-corrected chi connectivity index (χ0v) is 10.2. The average Bonchev–Trinajstić information content (AvgIpc) is 2.27. The minimum atomic E-state index is -1.60. The maximum Gasteiger partial charge on any atom is 0.326 e. The summed E-state index contributed by atoms with van der Waals surface area (Å²) >= 11 is 5.77. The molecule has 3 N–H and O–H groups in total. The van der Waals surface area contributed by atoms with Crippen LogP contribution in [0.1, 0.15) is 6.92 Å². The van der Waals surface area contributed by atoms with Crippen LogP contribution in [0.15, 0.2) is 18.2 Å². The van der Waals surface area contributed by atoms with Crippen molar-refractivity contribution in [1.82, 2.24) is 0 Å². The molecule has 7 nitrogen and oxygen atoms in total. The van der Waals surface area contributed by atoms with Crippen molar-refractivity contribution >= 4 is 23.3 Å². The fraction of sp³-hybridized carbons (Fsp3) is 0.300. The maximum atomic E-state index is 10.8. The van der Waals surface area contributed by atoms with Crippen molar-refractivity contribution in [3.63, 3.8) is 0 Å². The van der Waals surface area contributed by atoms with Crippen LogP contribution in [0.4, 0.5) is 5.69 Å². The van der Waals surface area contributed by atoms with Gasteiger partial charge in [0.2, 0.25) is 0 Å². The molecule has 1 aromatic carbocycles. The Morgan fingerprint density at radius 2 is 2.28 bits per heavy atom. The van der Waals surface area contributed by atoms with Gasteiger partial charge in [0.25, 0.3) is 5.69 Å². The van der Waals surface area contributed by atoms with Crippen LogP contribution in [0, 0.1) is 10.1 Å². The first-order valence-electron chi connectivity index (χ1n) is 4.83. The number of carboxylic acid groups (broad SMARTS) is 1. The number of non-ortho nitro benzene ring substituents is 1. The van der Waals surface area contributed by atoms with E-state index in [1.165, 1.54) is 19.1 Å². The lowest BCUT2D eigenvalue weighted by molar-refractivity contribution is -0.384. The van der Waals surface area contributed by atoms with Crippen LogP contribution in [0.25, 0.3) is 0 Å². The van der Waals surface area contributed by atoms with Crippen molar-refractivity contribution in [1.29, 1.82) is 0 Å². The molecule has 0 aliphatic rings. The molecule has 18 heavy (non-hydrogen) atoms. The van der Waals surface area contributed by atoms with Gasteiger partial charge in [-0.15, -0.1) is 0 Å². The number of hydrogen-bond donors (Lipinski definition) is 2. The number of halogens is 1. The summed E-state index contributed by atoms with van der Waals surface area (Å²) in [6.45, 7) is 0.907. The molecule has 0 saturated heterocycles. The van der Waals surface area contributed by atoms with Gasteiger partial charge in [-0.2, -0.15) is 0 Å². The van der Waals surface area contributed by atoms with Gasteiger partial charge in [0.05, 0.1) is 16.0 Å². The van der Waals surface area contributed by atoms with Gasteiger partial charge in [0, 0.05) is 6.07 Å². The van der Waals surface area contributed by atoms with E-state index in [4.69, 9.17) is 27.2 Å². The molecule has 0 saturated carbocycles. The summed E-state index contributed by atoms with van der Waals surface area (Å²) in [6.07, 6.45) is 0. The molecule has 1 aromatic rings. The standard InChI is InChI=1S/C10H11ClN2O5/c1-10(12,9(14)15)5-18-8-4-6(13(16)17)2-3-7(8)11/h2-4H,5,12H2,1H3,(H,14,15). The predicted octanol–water partition coefficient (Wildman–Crippen LogP) is 1.43. The van der Waals surface area contributed by atoms with Gasteiger partial charge in [0.1, 0.15) is 17.9 Å². The zero-order valence-electron chi connectivity index (χ0n) is 9.42. The first-order valence-corrected chi connectivity index (χ1v) is 5.21. The predicted molar refractivity (Wildman–Crippen MR) is 63.8 cm³/mol. The largest absolute Gasteiger partial charge is 0.489 e. The van der Waals surface area contributed by atoms with Crippen molar-refractivity contribution in [2.75, 3.05) is 6.61 Å². The Morgan fingerprint density at radius 1 is 1.67 bits per heavy atom. The van der Waals surface area contributed by atoms with Gasteiger partial charge in [-0.3, -0.25) is 14.9 Å². The summed E-state index contributed by atoms with van der Waals surface area (Å²) in [5, 5.41) is 19.5. The molecule has 0 amide bonds. The van der Waals surface area contributed by atoms with Crippen LogP contribution in [-0.2, 0) is 4.79 Å². The Balaban J connectivity index is 2.88. The summed E-state index contributed by atoms with van der Waals surface area (Å²) in [7, 11) is 0. The second kappa shape index (κ2) is 5.19. The number of nitro benzene ring substituents is 1. The van der Waals surface area contributed by atoms with E-state index in [0.717, 1.165) is 6.07 Å². The highest BCUT2D eigenvalue weighted by Gasteiger charge is 2.29. The van der Waals surface area contributed by atoms with E-state index in [9.17, 15) is 14.9 Å². The van der Waals surface area contributed by atoms with Crippen LogP contribution in [0.3, 0.4) is 0 Å². The molecule has 0 heterocycles. The second-order valence-corrected chi connectivity index (χ2v) is 4.29. The van der Waals surface area contributed by atoms with Gasteiger partial charge in [-0.25, -0.2) is 0 Å². The normalized spacial score (nSPS) is 13.7. The lowest BCUT2D eigenvalue weighted by atomic mass is 10.1. The number of carboxylic acids is 1. The Morgan fingerprint density at radius 3 is 2.78 bits per heavy atom. The third-order valence-electron chi connectivity index (χ3n) is 2.14. The number of carbonyl (C=O) groups is 1. The van der Waals surface area contributed by atoms with Gasteiger partial charge in [0.15, 0.2) is 0 Å². The minimum absolute atomic E-state index is 0.0174. The molecule has 1 rings (SSSR count). The van der Waals surface area contributed by atoms with Crippen molar-refractivity contribution in [2.24, 2.45) is 5.73 Å². The molecule has 0 radical (unpaired) electrons. The highest BCUT2D eigenvalue weighted by Crippen LogP contribution is 2.29. The van der Waals surface area contributed by atoms with Gasteiger partial charge in [-0.05, 0) is 13.0 Å². The summed E-state index contributed by atoms with van der Waals surface area (Å²) < 4.78 is 5.11. The lowest BCUT2D eigenvalue weighted by Gasteiger charge is -2.19. The number of rotatable bonds is 5. The van der Waals surface area contributed by atoms with Crippen LogP contribution < -0.4 is 10.5 Å². The summed E-state index contributed by atoms with van der Waals surface area (Å²) in [6, 6.07) is 3.62. The average molecular weight is 275 g/mol. The topological polar surface area (TPSA) is 116 Å². The molecule has 0 bridgehead atoms. The maximum absolute atomic E-state index is 10.8. The van der Waals surface area contributed by atoms with Gasteiger partial charge in [-0.1, -0.05) is 11.6 Å². The van der Waals surface area contributed by atoms with Gasteiger partial charge < -0.3 is 15.6 Å². The Kier molecular flexibility index (Phi) is 4.10. The molecular formula is C10H11ClN2O5. The lowest BCUT2D eigenvalue weighted by Crippen LogP contribution is -2.49. The molecule has 0 aliphatic heterocycles. The highest BCUT2D eigenvalue weighted by atomic mass is 35.5. The Hall–Kier alpha value is -1.86. The molecular weight excluding hydrogens is 264 g/mol. The summed E-state index contributed by atoms with van der Waals surface area (Å²) in [5.74, 6) is -1.23. The van der Waals surface area contributed by atoms with Crippen molar-refractivity contribution in [3.8, 4) is 5.75 Å². The quantitative estimate of drug-likeness (QED) is 0.620. The van der Waals surface area contributed by atoms with Crippen LogP contribution >= 0.6 is 11.6 Å². The molecule has 0 aromatic heterocycles. The van der Waals surface area contributed by atoms with Crippen molar-refractivity contribution in [3.05, 3.63) is 33.3 Å². The summed E-state index contributed by atoms with van der Waals surface area (Å²) in [4.78, 5) is 20.7. The number of nitrogens with zero attached hydrogens (tertiary/aromatic N) is 1. The number of aliphatic carboxylic acids is 1. The van der Waals surface area contributed by atoms with E-state index in [1.807, 2.05) is 0 Å². The fourth-order valence-corrected chi connectivity index (χ4v) is 1.18. The van der Waals surface area contributed by atoms with Crippen molar-refractivity contribution in [2.45, 2.75) is 12.5 Å². The molecule has 1 unspecified atom stereocenters. The SMILES string of the molecule is CC(N)(COc1cc([N+](=O)[O-])ccc1Cl)C(=O)O. The molecule has 0 aliphatic carbocycles. The van der Waals surface area contributed by atoms with Crippen LogP contribution in [-0.4, -0.2) is 28.1 Å². The van der Waals surface area contributed by atoms with E-state index in [1.54, 1.807) is 0 Å². The smallest absolute Gasteiger partial charge is 0.326 e. The third-order valence-corrected chi connectivity index (χ3v) is 2.45. The zero-order chi connectivity index (χ0) is 13.9. The van der Waals surface area contributed by atoms with Crippen molar-refractivity contribution < 1.29 is 19.6 Å². The number of nitrogens with two attached hydrogens (primary N) is 1. The van der Waals surface area contributed by atoms with Crippen LogP contribution in [0.2, 0.25) is 5.02 Å². The number of nitro groups is 1. The second-order valence-electron chi connectivity index (χ2n) is 3.88. The van der Waals surface area contributed by atoms with E-state index in [2.05, 4.69) is 0 Å². The molecule has 8 heteroatoms. The monoisotopic (exact) mass is 274 g/mol. The first-order chi connectivity index (χ1) is 8.24. The summed E-state index contributed by atoms with van der Waals surface area (Å²) in [5.41, 5.74) is 3.65. The van der Waals surface area contributed by atoms with Crippen LogP contribution in [0.5, 0.6) is 5.75 Å². The van der Waals surface area contributed by atoms with E-state index in [0.29, 0.717) is 0 Å². The van der Waals surface area contributed by atoms with E-state index < -0.39 is 16.4 Å². The number of benzene rings is 1. The third kappa shape index (κ3) is 3.31. The molecule has 0 spiro atoms. The Labute approximate surface area is 107 Å². The Bertz CT molecular complexity index is 489. The minimum Gasteiger partial charge on any atom is -0.489 e. The molecule has 98 valence electrons. The van der Waals surface area contributed by atoms with E-state index >= 15 is 0 Å². The van der Waals surface area contributed by atoms with Gasteiger partial charge >= 0.3 is 5.97 Å². The molecule has 1 atom stereocenters. The number of hydrogen-bond acceptors (Lipinski definition) is 5. The molecule has 0 fully saturated rings. The number of ether oxygens (including phenoxy) is 1. The first kappa shape index (κ1) is 14.2. The van der Waals surface area contributed by atoms with E-state index in [-0.39, 0.29) is 23.1 Å².